The number of phosphoric acid groups is 1. The van der Waals surface area contributed by atoms with E-state index >= 15 is 0 Å². The molecule has 2 N–H and O–H groups in total. The van der Waals surface area contributed by atoms with Crippen LogP contribution in [0.3, 0.4) is 0 Å². The quantitative estimate of drug-likeness (QED) is 0.0284. The topological polar surface area (TPSA) is 108 Å². The maximum atomic E-state index is 12.8. The number of aliphatic hydroxyl groups excluding tert-OH is 1. The highest BCUT2D eigenvalue weighted by atomic mass is 31.2. The number of aliphatic hydroxyl groups is 1. The van der Waals surface area contributed by atoms with Crippen molar-refractivity contribution >= 4 is 13.7 Å². The summed E-state index contributed by atoms with van der Waals surface area (Å²) >= 11 is 0. The number of carbonyl (C=O) groups excluding carboxylic acids is 1. The van der Waals surface area contributed by atoms with E-state index in [0.717, 1.165) is 38.5 Å². The van der Waals surface area contributed by atoms with Crippen LogP contribution in [0.4, 0.5) is 0 Å². The fourth-order valence-electron chi connectivity index (χ4n) is 5.69. The average molecular weight is 741 g/mol. The zero-order valence-electron chi connectivity index (χ0n) is 33.8. The van der Waals surface area contributed by atoms with Crippen molar-refractivity contribution in [2.45, 2.75) is 187 Å². The van der Waals surface area contributed by atoms with Crippen molar-refractivity contribution < 1.29 is 32.9 Å². The minimum Gasteiger partial charge on any atom is -0.756 e. The number of unbranched alkanes of at least 4 members (excludes halogenated alkanes) is 20. The Balaban J connectivity index is 4.49. The Bertz CT molecular complexity index is 933. The van der Waals surface area contributed by atoms with Crippen molar-refractivity contribution in [3.05, 3.63) is 36.5 Å². The molecule has 0 aliphatic heterocycles. The van der Waals surface area contributed by atoms with E-state index in [0.29, 0.717) is 17.4 Å². The summed E-state index contributed by atoms with van der Waals surface area (Å²) in [5, 5.41) is 13.7. The summed E-state index contributed by atoms with van der Waals surface area (Å²) in [7, 11) is 1.24. The van der Waals surface area contributed by atoms with Crippen molar-refractivity contribution in [3.8, 4) is 0 Å². The van der Waals surface area contributed by atoms with Crippen LogP contribution < -0.4 is 10.2 Å². The lowest BCUT2D eigenvalue weighted by Crippen LogP contribution is -2.45. The molecule has 0 radical (unpaired) electrons. The molecule has 0 aliphatic carbocycles. The van der Waals surface area contributed by atoms with E-state index in [1.165, 1.54) is 116 Å². The van der Waals surface area contributed by atoms with Gasteiger partial charge in [0.05, 0.1) is 39.9 Å². The van der Waals surface area contributed by atoms with Crippen LogP contribution in [0, 0.1) is 0 Å². The van der Waals surface area contributed by atoms with Gasteiger partial charge in [-0.05, 0) is 57.8 Å². The van der Waals surface area contributed by atoms with Crippen LogP contribution in [0.5, 0.6) is 0 Å². The minimum absolute atomic E-state index is 0.00745. The standard InChI is InChI=1S/C42H81N2O6P/c1-6-8-10-12-14-16-18-20-21-22-23-24-26-28-30-32-34-36-42(46)43-40(39-50-51(47,48)49-38-37-44(3,4)5)41(45)35-33-31-29-27-25-19-17-15-13-11-9-7-2/h20-21,25,27,33,35,40-41,45H,6-19,22-24,26,28-32,34,36-39H2,1-5H3,(H-,43,46,47,48)/b21-20+,27-25+,35-33+/t40-,41+/m0/s1. The van der Waals surface area contributed by atoms with E-state index in [4.69, 9.17) is 9.05 Å². The number of rotatable bonds is 37. The SMILES string of the molecule is CCCCCCCC/C=C/CC/C=C/[C@@H](O)[C@H](COP(=O)([O-])OCC[N+](C)(C)C)NC(=O)CCCCCCCCC/C=C/CCCCCCCC. The van der Waals surface area contributed by atoms with Crippen LogP contribution in [-0.4, -0.2) is 68.5 Å². The van der Waals surface area contributed by atoms with Crippen molar-refractivity contribution in [1.29, 1.82) is 0 Å². The molecule has 1 amide bonds. The van der Waals surface area contributed by atoms with Crippen molar-refractivity contribution in [2.24, 2.45) is 0 Å². The van der Waals surface area contributed by atoms with E-state index in [1.807, 2.05) is 27.2 Å². The van der Waals surface area contributed by atoms with Crippen LogP contribution >= 0.6 is 7.82 Å². The maximum Gasteiger partial charge on any atom is 0.268 e. The lowest BCUT2D eigenvalue weighted by Gasteiger charge is -2.29. The van der Waals surface area contributed by atoms with Gasteiger partial charge in [0.1, 0.15) is 13.2 Å². The molecule has 0 spiro atoms. The molecule has 0 heterocycles. The Hall–Kier alpha value is -1.28. The largest absolute Gasteiger partial charge is 0.756 e. The Morgan fingerprint density at radius 3 is 1.59 bits per heavy atom. The number of allylic oxidation sites excluding steroid dienone is 5. The van der Waals surface area contributed by atoms with Gasteiger partial charge < -0.3 is 28.8 Å². The summed E-state index contributed by atoms with van der Waals surface area (Å²) in [6.07, 6.45) is 40.4. The van der Waals surface area contributed by atoms with E-state index < -0.39 is 26.6 Å². The van der Waals surface area contributed by atoms with Crippen LogP contribution in [0.15, 0.2) is 36.5 Å². The van der Waals surface area contributed by atoms with Crippen LogP contribution in [0.1, 0.15) is 174 Å². The average Bonchev–Trinajstić information content (AvgIpc) is 3.07. The summed E-state index contributed by atoms with van der Waals surface area (Å²) in [6, 6.07) is -0.902. The van der Waals surface area contributed by atoms with E-state index in [-0.39, 0.29) is 12.5 Å². The molecule has 0 aromatic heterocycles. The maximum absolute atomic E-state index is 12.8. The fourth-order valence-corrected chi connectivity index (χ4v) is 6.41. The monoisotopic (exact) mass is 741 g/mol. The van der Waals surface area contributed by atoms with Crippen LogP contribution in [0.25, 0.3) is 0 Å². The normalized spacial score (nSPS) is 14.9. The van der Waals surface area contributed by atoms with Gasteiger partial charge in [0.2, 0.25) is 5.91 Å². The highest BCUT2D eigenvalue weighted by molar-refractivity contribution is 7.45. The number of phosphoric ester groups is 1. The molecular weight excluding hydrogens is 659 g/mol. The molecule has 0 rings (SSSR count). The Labute approximate surface area is 315 Å². The molecule has 0 saturated carbocycles. The van der Waals surface area contributed by atoms with Crippen LogP contribution in [0.2, 0.25) is 0 Å². The summed E-state index contributed by atoms with van der Waals surface area (Å²) in [5.41, 5.74) is 0. The molecule has 300 valence electrons. The first-order chi connectivity index (χ1) is 24.5. The molecule has 1 unspecified atom stereocenters. The number of amides is 1. The molecule has 0 bridgehead atoms. The molecule has 0 fully saturated rings. The molecular formula is C42H81N2O6P. The predicted molar refractivity (Wildman–Crippen MR) is 215 cm³/mol. The third-order valence-corrected chi connectivity index (χ3v) is 10.0. The van der Waals surface area contributed by atoms with Crippen LogP contribution in [-0.2, 0) is 18.4 Å². The van der Waals surface area contributed by atoms with E-state index in [1.54, 1.807) is 6.08 Å². The van der Waals surface area contributed by atoms with Gasteiger partial charge in [-0.3, -0.25) is 9.36 Å². The molecule has 3 atom stereocenters. The second kappa shape index (κ2) is 34.5. The number of hydrogen-bond donors (Lipinski definition) is 2. The lowest BCUT2D eigenvalue weighted by molar-refractivity contribution is -0.870. The highest BCUT2D eigenvalue weighted by Gasteiger charge is 2.23. The van der Waals surface area contributed by atoms with E-state index in [9.17, 15) is 19.4 Å². The van der Waals surface area contributed by atoms with Gasteiger partial charge >= 0.3 is 0 Å². The van der Waals surface area contributed by atoms with Gasteiger partial charge in [-0.1, -0.05) is 147 Å². The third kappa shape index (κ3) is 36.9. The number of quaternary nitrogens is 1. The third-order valence-electron chi connectivity index (χ3n) is 9.07. The summed E-state index contributed by atoms with van der Waals surface area (Å²) < 4.78 is 23.1. The molecule has 8 nitrogen and oxygen atoms in total. The fraction of sp³-hybridized carbons (Fsp3) is 0.833. The predicted octanol–water partition coefficient (Wildman–Crippen LogP) is 10.5. The van der Waals surface area contributed by atoms with Gasteiger partial charge in [0, 0.05) is 6.42 Å². The molecule has 0 aromatic carbocycles. The lowest BCUT2D eigenvalue weighted by atomic mass is 10.1. The van der Waals surface area contributed by atoms with E-state index in [2.05, 4.69) is 43.5 Å². The number of carbonyl (C=O) groups is 1. The number of nitrogens with one attached hydrogen (secondary N) is 1. The van der Waals surface area contributed by atoms with Gasteiger partial charge in [-0.15, -0.1) is 0 Å². The van der Waals surface area contributed by atoms with Crippen molar-refractivity contribution in [2.75, 3.05) is 40.9 Å². The summed E-state index contributed by atoms with van der Waals surface area (Å²) in [5.74, 6) is -0.215. The summed E-state index contributed by atoms with van der Waals surface area (Å²) in [4.78, 5) is 25.2. The molecule has 0 aromatic rings. The van der Waals surface area contributed by atoms with Gasteiger partial charge in [-0.25, -0.2) is 0 Å². The Morgan fingerprint density at radius 2 is 1.10 bits per heavy atom. The first-order valence-corrected chi connectivity index (χ1v) is 22.3. The molecule has 0 aliphatic rings. The second-order valence-corrected chi connectivity index (χ2v) is 16.7. The first-order valence-electron chi connectivity index (χ1n) is 20.9. The zero-order chi connectivity index (χ0) is 37.9. The number of likely N-dealkylation sites (N-methyl/N-ethyl adjacent to an activating group) is 1. The Kier molecular flexibility index (Phi) is 33.6. The number of hydrogen-bond acceptors (Lipinski definition) is 6. The second-order valence-electron chi connectivity index (χ2n) is 15.3. The zero-order valence-corrected chi connectivity index (χ0v) is 34.7. The number of nitrogens with zero attached hydrogens (tertiary/aromatic N) is 1. The van der Waals surface area contributed by atoms with Gasteiger partial charge in [0.25, 0.3) is 7.82 Å². The van der Waals surface area contributed by atoms with Gasteiger partial charge in [0.15, 0.2) is 0 Å². The molecule has 9 heteroatoms. The van der Waals surface area contributed by atoms with Crippen molar-refractivity contribution in [1.82, 2.24) is 5.32 Å². The summed E-state index contributed by atoms with van der Waals surface area (Å²) in [6.45, 7) is 4.58. The molecule has 0 saturated heterocycles. The smallest absolute Gasteiger partial charge is 0.268 e. The first kappa shape index (κ1) is 49.7. The highest BCUT2D eigenvalue weighted by Crippen LogP contribution is 2.38. The minimum atomic E-state index is -4.59. The molecule has 51 heavy (non-hydrogen) atoms. The van der Waals surface area contributed by atoms with Gasteiger partial charge in [-0.2, -0.15) is 0 Å². The van der Waals surface area contributed by atoms with Crippen molar-refractivity contribution in [3.63, 3.8) is 0 Å². The Morgan fingerprint density at radius 1 is 0.667 bits per heavy atom.